The molecule has 0 bridgehead atoms. The number of nitrogens with zero attached hydrogens (tertiary/aromatic N) is 1. The predicted molar refractivity (Wildman–Crippen MR) is 151 cm³/mol. The smallest absolute Gasteiger partial charge is 0.0702 e. The van der Waals surface area contributed by atoms with Crippen molar-refractivity contribution >= 4 is 11.6 Å². The zero-order valence-electron chi connectivity index (χ0n) is 23.8. The molecule has 0 radical (unpaired) electrons. The Morgan fingerprint density at radius 3 is 2.57 bits per heavy atom. The second kappa shape index (κ2) is 11.9. The van der Waals surface area contributed by atoms with Crippen molar-refractivity contribution < 1.29 is 14.9 Å². The summed E-state index contributed by atoms with van der Waals surface area (Å²) in [7, 11) is 0. The van der Waals surface area contributed by atoms with Crippen LogP contribution in [-0.2, 0) is 4.74 Å². The molecule has 9 atom stereocenters. The zero-order chi connectivity index (χ0) is 26.2. The first kappa shape index (κ1) is 28.6. The Balaban J connectivity index is 1.18. The largest absolute Gasteiger partial charge is 0.390 e. The van der Waals surface area contributed by atoms with Crippen LogP contribution >= 0.6 is 11.6 Å². The van der Waals surface area contributed by atoms with Crippen molar-refractivity contribution in [1.82, 2.24) is 10.2 Å². The average molecular weight is 539 g/mol. The first-order valence-corrected chi connectivity index (χ1v) is 16.2. The molecule has 5 aliphatic rings. The van der Waals surface area contributed by atoms with Crippen molar-refractivity contribution in [3.63, 3.8) is 0 Å². The fourth-order valence-corrected chi connectivity index (χ4v) is 9.74. The number of fused-ring (bicyclic) bond motifs is 2. The quantitative estimate of drug-likeness (QED) is 0.405. The van der Waals surface area contributed by atoms with Gasteiger partial charge in [-0.1, -0.05) is 6.92 Å². The molecule has 5 rings (SSSR count). The summed E-state index contributed by atoms with van der Waals surface area (Å²) in [4.78, 5) is 2.62. The molecule has 0 aromatic carbocycles. The molecule has 3 N–H and O–H groups in total. The maximum atomic E-state index is 11.6. The predicted octanol–water partition coefficient (Wildman–Crippen LogP) is 5.21. The van der Waals surface area contributed by atoms with Crippen LogP contribution in [-0.4, -0.2) is 76.6 Å². The third-order valence-electron chi connectivity index (χ3n) is 11.6. The lowest BCUT2D eigenvalue weighted by molar-refractivity contribution is -0.0934. The minimum absolute atomic E-state index is 0.297. The molecule has 6 heteroatoms. The Hall–Kier alpha value is 0.0900. The number of aliphatic hydroxyl groups is 2. The van der Waals surface area contributed by atoms with Gasteiger partial charge in [0.25, 0.3) is 0 Å². The van der Waals surface area contributed by atoms with Crippen LogP contribution in [0.5, 0.6) is 0 Å². The van der Waals surface area contributed by atoms with Gasteiger partial charge in [-0.2, -0.15) is 0 Å². The van der Waals surface area contributed by atoms with Crippen LogP contribution in [0.4, 0.5) is 0 Å². The van der Waals surface area contributed by atoms with E-state index in [1.54, 1.807) is 0 Å². The molecular formula is C31H55ClN2O3. The third kappa shape index (κ3) is 6.54. The fraction of sp³-hybridized carbons (Fsp3) is 1.00. The Morgan fingerprint density at radius 2 is 1.84 bits per heavy atom. The maximum Gasteiger partial charge on any atom is 0.0702 e. The minimum Gasteiger partial charge on any atom is -0.390 e. The van der Waals surface area contributed by atoms with E-state index in [9.17, 15) is 10.2 Å². The summed E-state index contributed by atoms with van der Waals surface area (Å²) in [5.74, 6) is 3.28. The van der Waals surface area contributed by atoms with E-state index in [4.69, 9.17) is 16.3 Å². The van der Waals surface area contributed by atoms with Gasteiger partial charge in [-0.15, -0.1) is 11.6 Å². The van der Waals surface area contributed by atoms with Gasteiger partial charge < -0.3 is 25.2 Å². The van der Waals surface area contributed by atoms with Gasteiger partial charge in [0.05, 0.1) is 23.9 Å². The lowest BCUT2D eigenvalue weighted by Gasteiger charge is -2.48. The molecular weight excluding hydrogens is 484 g/mol. The van der Waals surface area contributed by atoms with Gasteiger partial charge in [0, 0.05) is 24.5 Å². The first-order chi connectivity index (χ1) is 17.6. The number of likely N-dealkylation sites (tertiary alicyclic amines) is 1. The van der Waals surface area contributed by atoms with Crippen LogP contribution in [0.3, 0.4) is 0 Å². The van der Waals surface area contributed by atoms with Crippen LogP contribution in [0, 0.1) is 35.5 Å². The number of rotatable bonds is 6. The summed E-state index contributed by atoms with van der Waals surface area (Å²) in [5.41, 5.74) is -1.09. The molecule has 0 amide bonds. The van der Waals surface area contributed by atoms with Crippen molar-refractivity contribution in [2.75, 3.05) is 32.8 Å². The zero-order valence-corrected chi connectivity index (χ0v) is 24.6. The van der Waals surface area contributed by atoms with Gasteiger partial charge in [0.15, 0.2) is 0 Å². The SMILES string of the molecule is C[C@H]1C[C@@H](Cl)CC[C@H]1C1(O)CCN(CCCC2[C@H]3C[C@@H](C(C)(C)O)CCC3OC[C@H]3NCCC[C@@H]23)CC1. The monoisotopic (exact) mass is 538 g/mol. The second-order valence-corrected chi connectivity index (χ2v) is 14.9. The van der Waals surface area contributed by atoms with Crippen LogP contribution in [0.25, 0.3) is 0 Å². The molecule has 0 aromatic heterocycles. The molecule has 3 heterocycles. The van der Waals surface area contributed by atoms with E-state index in [1.807, 2.05) is 13.8 Å². The minimum atomic E-state index is -0.600. The number of hydrogen-bond acceptors (Lipinski definition) is 5. The number of nitrogens with one attached hydrogen (secondary N) is 1. The summed E-state index contributed by atoms with van der Waals surface area (Å²) in [6.45, 7) is 11.5. The van der Waals surface area contributed by atoms with Crippen molar-refractivity contribution in [2.45, 2.75) is 127 Å². The molecule has 2 saturated carbocycles. The van der Waals surface area contributed by atoms with E-state index in [0.717, 1.165) is 84.2 Å². The Labute approximate surface area is 231 Å². The van der Waals surface area contributed by atoms with E-state index in [-0.39, 0.29) is 0 Å². The summed E-state index contributed by atoms with van der Waals surface area (Å²) >= 11 is 6.42. The van der Waals surface area contributed by atoms with Crippen LogP contribution in [0.1, 0.15) is 97.8 Å². The van der Waals surface area contributed by atoms with Crippen LogP contribution < -0.4 is 5.32 Å². The van der Waals surface area contributed by atoms with E-state index < -0.39 is 11.2 Å². The molecule has 0 spiro atoms. The number of alkyl halides is 1. The summed E-state index contributed by atoms with van der Waals surface area (Å²) in [6, 6.07) is 0.500. The molecule has 214 valence electrons. The summed E-state index contributed by atoms with van der Waals surface area (Å²) < 4.78 is 6.57. The van der Waals surface area contributed by atoms with E-state index in [2.05, 4.69) is 17.1 Å². The summed E-state index contributed by atoms with van der Waals surface area (Å²) in [5, 5.41) is 26.5. The molecule has 3 saturated heterocycles. The molecule has 37 heavy (non-hydrogen) atoms. The van der Waals surface area contributed by atoms with E-state index in [1.165, 1.54) is 25.7 Å². The lowest BCUT2D eigenvalue weighted by Crippen LogP contribution is -2.52. The highest BCUT2D eigenvalue weighted by Crippen LogP contribution is 2.48. The standard InChI is InChI=1S/C31H55ClN2O3/c1-21-18-23(32)9-10-27(21)31(36)12-16-34(17-13-31)15-5-7-24-25-6-4-14-33-28(25)20-37-29-11-8-22(19-26(24)29)30(2,3)35/h21-29,33,35-36H,4-20H2,1-3H3/t21-,22-,23-,24?,25-,26+,27+,28+,29?/m0/s1. The van der Waals surface area contributed by atoms with Gasteiger partial charge in [-0.3, -0.25) is 0 Å². The second-order valence-electron chi connectivity index (χ2n) is 14.3. The van der Waals surface area contributed by atoms with E-state index in [0.29, 0.717) is 53.0 Å². The van der Waals surface area contributed by atoms with Gasteiger partial charge in [-0.05, 0) is 139 Å². The van der Waals surface area contributed by atoms with Gasteiger partial charge in [0.1, 0.15) is 0 Å². The molecule has 2 aliphatic carbocycles. The first-order valence-electron chi connectivity index (χ1n) is 15.8. The van der Waals surface area contributed by atoms with Crippen molar-refractivity contribution in [3.8, 4) is 0 Å². The molecule has 0 aromatic rings. The van der Waals surface area contributed by atoms with Crippen LogP contribution in [0.15, 0.2) is 0 Å². The van der Waals surface area contributed by atoms with Gasteiger partial charge >= 0.3 is 0 Å². The van der Waals surface area contributed by atoms with Crippen molar-refractivity contribution in [2.24, 2.45) is 35.5 Å². The van der Waals surface area contributed by atoms with E-state index >= 15 is 0 Å². The number of piperidine rings is 2. The maximum absolute atomic E-state index is 11.6. The summed E-state index contributed by atoms with van der Waals surface area (Å²) in [6.07, 6.45) is 13.8. The van der Waals surface area contributed by atoms with Crippen molar-refractivity contribution in [1.29, 1.82) is 0 Å². The van der Waals surface area contributed by atoms with Crippen molar-refractivity contribution in [3.05, 3.63) is 0 Å². The Bertz CT molecular complexity index is 736. The molecule has 5 nitrogen and oxygen atoms in total. The average Bonchev–Trinajstić information content (AvgIpc) is 3.01. The molecule has 2 unspecified atom stereocenters. The lowest BCUT2D eigenvalue weighted by atomic mass is 9.63. The number of halogens is 1. The Kier molecular flexibility index (Phi) is 9.21. The highest BCUT2D eigenvalue weighted by atomic mass is 35.5. The molecule has 3 aliphatic heterocycles. The highest BCUT2D eigenvalue weighted by molar-refractivity contribution is 6.20. The van der Waals surface area contributed by atoms with Crippen LogP contribution in [0.2, 0.25) is 0 Å². The normalized spacial score (nSPS) is 43.5. The Morgan fingerprint density at radius 1 is 1.05 bits per heavy atom. The van der Waals surface area contributed by atoms with Gasteiger partial charge in [-0.25, -0.2) is 0 Å². The number of ether oxygens (including phenoxy) is 1. The fourth-order valence-electron chi connectivity index (χ4n) is 9.34. The third-order valence-corrected chi connectivity index (χ3v) is 12.0. The van der Waals surface area contributed by atoms with Gasteiger partial charge in [0.2, 0.25) is 0 Å². The number of hydrogen-bond donors (Lipinski definition) is 3. The highest BCUT2D eigenvalue weighted by Gasteiger charge is 2.48. The molecule has 5 fully saturated rings. The topological polar surface area (TPSA) is 65.0 Å².